The minimum atomic E-state index is -3.19. The van der Waals surface area contributed by atoms with Crippen LogP contribution in [0.2, 0.25) is 0 Å². The van der Waals surface area contributed by atoms with E-state index >= 15 is 0 Å². The van der Waals surface area contributed by atoms with Gasteiger partial charge in [-0.1, -0.05) is 35.4 Å². The number of hydrogen-bond acceptors (Lipinski definition) is 3. The lowest BCUT2D eigenvalue weighted by Gasteiger charge is -2.40. The van der Waals surface area contributed by atoms with E-state index in [0.29, 0.717) is 13.1 Å². The van der Waals surface area contributed by atoms with Gasteiger partial charge in [-0.25, -0.2) is 0 Å². The lowest BCUT2D eigenvalue weighted by Crippen LogP contribution is -2.54. The molecule has 1 aromatic carbocycles. The first-order valence-corrected chi connectivity index (χ1v) is 10.1. The summed E-state index contributed by atoms with van der Waals surface area (Å²) < 4.78 is 26.2. The smallest absolute Gasteiger partial charge is 0.122 e. The monoisotopic (exact) mass is 322 g/mol. The summed E-state index contributed by atoms with van der Waals surface area (Å²) in [6.07, 6.45) is 5.68. The molecule has 0 saturated carbocycles. The van der Waals surface area contributed by atoms with Crippen molar-refractivity contribution in [2.45, 2.75) is 44.7 Å². The van der Waals surface area contributed by atoms with Gasteiger partial charge in [0.1, 0.15) is 16.7 Å². The van der Waals surface area contributed by atoms with Crippen LogP contribution in [-0.2, 0) is 27.6 Å². The van der Waals surface area contributed by atoms with Crippen molar-refractivity contribution in [1.82, 2.24) is 9.21 Å². The fraction of sp³-hybridized carbons (Fsp3) is 0.647. The summed E-state index contributed by atoms with van der Waals surface area (Å²) in [5.74, 6) is 0. The highest BCUT2D eigenvalue weighted by Crippen LogP contribution is 2.38. The molecule has 0 aliphatic carbocycles. The molecule has 3 rings (SSSR count). The van der Waals surface area contributed by atoms with Crippen molar-refractivity contribution in [3.8, 4) is 0 Å². The molecular formula is C17H26N2O2S. The van der Waals surface area contributed by atoms with Crippen LogP contribution in [0.3, 0.4) is 0 Å². The highest BCUT2D eigenvalue weighted by molar-refractivity contribution is 7.94. The second-order valence-electron chi connectivity index (χ2n) is 6.79. The van der Waals surface area contributed by atoms with E-state index in [4.69, 9.17) is 0 Å². The molecule has 4 nitrogen and oxygen atoms in total. The number of nitrogens with zero attached hydrogens (tertiary/aromatic N) is 2. The number of fused-ring (bicyclic) bond motifs is 1. The predicted octanol–water partition coefficient (Wildman–Crippen LogP) is 2.46. The molecule has 0 amide bonds. The van der Waals surface area contributed by atoms with Gasteiger partial charge in [0.2, 0.25) is 0 Å². The van der Waals surface area contributed by atoms with Crippen LogP contribution < -0.4 is 0 Å². The maximum absolute atomic E-state index is 12.3. The van der Waals surface area contributed by atoms with E-state index in [1.165, 1.54) is 18.2 Å². The van der Waals surface area contributed by atoms with E-state index in [1.807, 2.05) is 6.07 Å². The molecule has 1 spiro atoms. The summed E-state index contributed by atoms with van der Waals surface area (Å²) in [4.78, 5) is 2.54. The van der Waals surface area contributed by atoms with E-state index in [0.717, 1.165) is 37.9 Å². The minimum absolute atomic E-state index is 0.0221. The van der Waals surface area contributed by atoms with Crippen molar-refractivity contribution in [3.63, 3.8) is 0 Å². The summed E-state index contributed by atoms with van der Waals surface area (Å²) in [5, 5.41) is 0. The predicted molar refractivity (Wildman–Crippen MR) is 89.1 cm³/mol. The maximum atomic E-state index is 12.3. The Morgan fingerprint density at radius 3 is 2.73 bits per heavy atom. The molecule has 2 aliphatic heterocycles. The second-order valence-corrected chi connectivity index (χ2v) is 8.77. The molecule has 1 saturated heterocycles. The van der Waals surface area contributed by atoms with Gasteiger partial charge in [0, 0.05) is 5.54 Å². The van der Waals surface area contributed by atoms with E-state index in [9.17, 15) is 8.76 Å². The molecule has 1 fully saturated rings. The quantitative estimate of drug-likeness (QED) is 0.803. The van der Waals surface area contributed by atoms with Gasteiger partial charge >= 0.3 is 0 Å². The van der Waals surface area contributed by atoms with Crippen molar-refractivity contribution < 1.29 is 8.76 Å². The van der Waals surface area contributed by atoms with Crippen LogP contribution in [0.4, 0.5) is 0 Å². The molecule has 0 N–H and O–H groups in total. The molecule has 5 heteroatoms. The molecule has 2 unspecified atom stereocenters. The zero-order valence-corrected chi connectivity index (χ0v) is 14.4. The molecule has 2 heterocycles. The molecule has 122 valence electrons. The summed E-state index contributed by atoms with van der Waals surface area (Å²) in [6, 6.07) is 8.33. The number of sulfonamides is 1. The van der Waals surface area contributed by atoms with Crippen LogP contribution >= 0.6 is 0 Å². The van der Waals surface area contributed by atoms with Gasteiger partial charge in [-0.15, -0.1) is 4.31 Å². The van der Waals surface area contributed by atoms with Crippen LogP contribution in [0.5, 0.6) is 0 Å². The molecule has 0 radical (unpaired) electrons. The normalized spacial score (nSPS) is 29.2. The average molecular weight is 322 g/mol. The number of hydrogen-bond donors (Lipinski definition) is 0. The zero-order chi connectivity index (χ0) is 15.8. The van der Waals surface area contributed by atoms with Crippen LogP contribution in [0.1, 0.15) is 37.3 Å². The Morgan fingerprint density at radius 1 is 1.32 bits per heavy atom. The number of benzene rings is 1. The van der Waals surface area contributed by atoms with Crippen LogP contribution in [0.15, 0.2) is 24.3 Å². The summed E-state index contributed by atoms with van der Waals surface area (Å²) >= 11 is 0. The van der Waals surface area contributed by atoms with Crippen molar-refractivity contribution in [1.29, 1.82) is 0 Å². The standard InChI is InChI=1S/C17H26N2O2S/c1-3-10-18-11-6-9-17(18)12-15-7-4-5-8-16(15)13-19(14-17)22(2,20)21/h4-5,7-8H,3,6,9-14H2,1-2H3. The Balaban J connectivity index is 2.02. The van der Waals surface area contributed by atoms with Crippen molar-refractivity contribution in [2.75, 3.05) is 25.9 Å². The Bertz CT molecular complexity index is 586. The van der Waals surface area contributed by atoms with Crippen LogP contribution in [-0.4, -0.2) is 45.2 Å². The molecule has 0 aromatic heterocycles. The van der Waals surface area contributed by atoms with Crippen molar-refractivity contribution in [3.05, 3.63) is 35.4 Å². The van der Waals surface area contributed by atoms with Crippen molar-refractivity contribution in [2.24, 2.45) is 0 Å². The van der Waals surface area contributed by atoms with E-state index in [1.54, 1.807) is 4.31 Å². The third-order valence-corrected chi connectivity index (χ3v) is 6.36. The first-order valence-electron chi connectivity index (χ1n) is 8.21. The molecule has 0 bridgehead atoms. The summed E-state index contributed by atoms with van der Waals surface area (Å²) in [6.45, 7) is 5.48. The topological polar surface area (TPSA) is 46.6 Å². The lowest BCUT2D eigenvalue weighted by atomic mass is 9.87. The van der Waals surface area contributed by atoms with E-state index in [-0.39, 0.29) is 5.54 Å². The summed E-state index contributed by atoms with van der Waals surface area (Å²) in [7, 11) is -3.19. The first kappa shape index (κ1) is 16.1. The summed E-state index contributed by atoms with van der Waals surface area (Å²) in [5.41, 5.74) is 2.45. The molecule has 2 aliphatic rings. The Labute approximate surface area is 134 Å². The molecule has 22 heavy (non-hydrogen) atoms. The lowest BCUT2D eigenvalue weighted by molar-refractivity contribution is 0.111. The minimum Gasteiger partial charge on any atom is -0.598 e. The van der Waals surface area contributed by atoms with Gasteiger partial charge in [0.05, 0.1) is 13.1 Å². The van der Waals surface area contributed by atoms with Gasteiger partial charge in [-0.3, -0.25) is 4.90 Å². The van der Waals surface area contributed by atoms with Crippen LogP contribution in [0.25, 0.3) is 0 Å². The Hall–Kier alpha value is -0.750. The van der Waals surface area contributed by atoms with Gasteiger partial charge in [-0.2, -0.15) is 0 Å². The Kier molecular flexibility index (Phi) is 4.42. The van der Waals surface area contributed by atoms with Crippen molar-refractivity contribution >= 4 is 10.4 Å². The highest BCUT2D eigenvalue weighted by Gasteiger charge is 2.46. The highest BCUT2D eigenvalue weighted by atomic mass is 32.3. The second kappa shape index (κ2) is 6.04. The largest absolute Gasteiger partial charge is 0.598 e. The van der Waals surface area contributed by atoms with Gasteiger partial charge in [0.15, 0.2) is 0 Å². The Morgan fingerprint density at radius 2 is 2.05 bits per heavy atom. The maximum Gasteiger partial charge on any atom is 0.122 e. The van der Waals surface area contributed by atoms with E-state index < -0.39 is 10.4 Å². The van der Waals surface area contributed by atoms with E-state index in [2.05, 4.69) is 30.0 Å². The third kappa shape index (κ3) is 3.00. The number of rotatable bonds is 3. The molecular weight excluding hydrogens is 296 g/mol. The SMILES string of the molecule is CCCN1CCCC12Cc1ccccc1CN([S+](C)(=O)[O-])C2. The molecule has 1 aromatic rings. The number of likely N-dealkylation sites (tertiary alicyclic amines) is 1. The fourth-order valence-corrected chi connectivity index (χ4v) is 4.94. The average Bonchev–Trinajstić information content (AvgIpc) is 2.73. The van der Waals surface area contributed by atoms with Gasteiger partial charge < -0.3 is 4.55 Å². The first-order chi connectivity index (χ1) is 10.4. The molecule has 2 atom stereocenters. The zero-order valence-electron chi connectivity index (χ0n) is 13.6. The third-order valence-electron chi connectivity index (χ3n) is 5.16. The van der Waals surface area contributed by atoms with Gasteiger partial charge in [0.25, 0.3) is 0 Å². The fourth-order valence-electron chi connectivity index (χ4n) is 4.10. The van der Waals surface area contributed by atoms with Gasteiger partial charge in [-0.05, 0) is 49.9 Å². The van der Waals surface area contributed by atoms with Crippen LogP contribution in [0, 0.1) is 0 Å².